The zero-order valence-corrected chi connectivity index (χ0v) is 17.9. The number of hydrogen-bond acceptors (Lipinski definition) is 7. The average molecular weight is 423 g/mol. The highest BCUT2D eigenvalue weighted by atomic mass is 32.1. The van der Waals surface area contributed by atoms with E-state index in [-0.39, 0.29) is 5.56 Å². The summed E-state index contributed by atoms with van der Waals surface area (Å²) >= 11 is 1.91. The minimum atomic E-state index is -0.0525. The van der Waals surface area contributed by atoms with Crippen molar-refractivity contribution in [3.8, 4) is 11.3 Å². The lowest BCUT2D eigenvalue weighted by Gasteiger charge is -2.34. The number of nitrogens with zero attached hydrogens (tertiary/aromatic N) is 6. The van der Waals surface area contributed by atoms with Crippen molar-refractivity contribution in [3.63, 3.8) is 0 Å². The maximum Gasteiger partial charge on any atom is 0.266 e. The van der Waals surface area contributed by atoms with Gasteiger partial charge in [-0.2, -0.15) is 5.10 Å². The molecule has 1 aliphatic carbocycles. The summed E-state index contributed by atoms with van der Waals surface area (Å²) in [5.41, 5.74) is 3.07. The maximum absolute atomic E-state index is 12.2. The molecule has 3 aromatic rings. The second-order valence-electron chi connectivity index (χ2n) is 7.96. The summed E-state index contributed by atoms with van der Waals surface area (Å²) < 4.78 is 1.58. The predicted molar refractivity (Wildman–Crippen MR) is 118 cm³/mol. The van der Waals surface area contributed by atoms with Crippen LogP contribution in [0, 0.1) is 0 Å². The molecule has 5 rings (SSSR count). The molecule has 0 atom stereocenters. The summed E-state index contributed by atoms with van der Waals surface area (Å²) in [6.45, 7) is 6.55. The standard InChI is InChI=1S/C22H26N6OS/c29-22-5-4-18(17-6-8-23-9-7-17)25-28(22)15-14-26-10-12-27(13-11-26)16-21-24-19-2-1-3-20(19)30-21/h4-9H,1-3,10-16H2. The van der Waals surface area contributed by atoms with E-state index in [4.69, 9.17) is 4.98 Å². The Balaban J connectivity index is 1.14. The van der Waals surface area contributed by atoms with E-state index in [1.807, 2.05) is 23.5 Å². The lowest BCUT2D eigenvalue weighted by Crippen LogP contribution is -2.47. The van der Waals surface area contributed by atoms with E-state index < -0.39 is 0 Å². The third-order valence-corrected chi connectivity index (χ3v) is 7.08. The highest BCUT2D eigenvalue weighted by Crippen LogP contribution is 2.28. The molecule has 30 heavy (non-hydrogen) atoms. The largest absolute Gasteiger partial charge is 0.299 e. The molecule has 0 radical (unpaired) electrons. The molecule has 0 N–H and O–H groups in total. The molecule has 0 saturated carbocycles. The van der Waals surface area contributed by atoms with Crippen LogP contribution in [0.15, 0.2) is 41.5 Å². The van der Waals surface area contributed by atoms with Crippen molar-refractivity contribution < 1.29 is 0 Å². The van der Waals surface area contributed by atoms with E-state index in [9.17, 15) is 4.79 Å². The fourth-order valence-electron chi connectivity index (χ4n) is 4.20. The van der Waals surface area contributed by atoms with Crippen molar-refractivity contribution in [1.29, 1.82) is 0 Å². The zero-order valence-electron chi connectivity index (χ0n) is 17.0. The summed E-state index contributed by atoms with van der Waals surface area (Å²) in [5, 5.41) is 5.83. The van der Waals surface area contributed by atoms with Crippen LogP contribution in [0.3, 0.4) is 0 Å². The van der Waals surface area contributed by atoms with Crippen molar-refractivity contribution in [2.24, 2.45) is 0 Å². The molecule has 1 fully saturated rings. The van der Waals surface area contributed by atoms with Gasteiger partial charge in [-0.1, -0.05) is 0 Å². The third-order valence-electron chi connectivity index (χ3n) is 5.93. The number of piperazine rings is 1. The monoisotopic (exact) mass is 422 g/mol. The Morgan fingerprint density at radius 2 is 1.73 bits per heavy atom. The van der Waals surface area contributed by atoms with E-state index in [2.05, 4.69) is 19.9 Å². The zero-order chi connectivity index (χ0) is 20.3. The van der Waals surface area contributed by atoms with E-state index in [0.717, 1.165) is 56.9 Å². The van der Waals surface area contributed by atoms with Crippen LogP contribution in [0.2, 0.25) is 0 Å². The molecule has 0 unspecified atom stereocenters. The van der Waals surface area contributed by atoms with Crippen LogP contribution in [0.5, 0.6) is 0 Å². The van der Waals surface area contributed by atoms with Crippen LogP contribution in [0.4, 0.5) is 0 Å². The van der Waals surface area contributed by atoms with Crippen LogP contribution in [-0.4, -0.2) is 62.3 Å². The van der Waals surface area contributed by atoms with Gasteiger partial charge in [-0.3, -0.25) is 19.6 Å². The number of fused-ring (bicyclic) bond motifs is 1. The predicted octanol–water partition coefficient (Wildman–Crippen LogP) is 2.07. The van der Waals surface area contributed by atoms with Gasteiger partial charge in [0.05, 0.1) is 24.5 Å². The maximum atomic E-state index is 12.2. The topological polar surface area (TPSA) is 67.2 Å². The van der Waals surface area contributed by atoms with Crippen molar-refractivity contribution in [2.75, 3.05) is 32.7 Å². The van der Waals surface area contributed by atoms with Gasteiger partial charge in [0.1, 0.15) is 5.01 Å². The van der Waals surface area contributed by atoms with Crippen molar-refractivity contribution in [3.05, 3.63) is 62.6 Å². The molecule has 156 valence electrons. The molecule has 0 aromatic carbocycles. The first-order valence-corrected chi connectivity index (χ1v) is 11.5. The van der Waals surface area contributed by atoms with Gasteiger partial charge >= 0.3 is 0 Å². The third kappa shape index (κ3) is 4.35. The first kappa shape index (κ1) is 19.5. The Kier molecular flexibility index (Phi) is 5.70. The summed E-state index contributed by atoms with van der Waals surface area (Å²) in [4.78, 5) is 27.6. The fraction of sp³-hybridized carbons (Fsp3) is 0.455. The van der Waals surface area contributed by atoms with Crippen LogP contribution in [0.25, 0.3) is 11.3 Å². The van der Waals surface area contributed by atoms with E-state index in [1.165, 1.54) is 28.4 Å². The Morgan fingerprint density at radius 1 is 0.933 bits per heavy atom. The molecule has 0 bridgehead atoms. The molecule has 3 aromatic heterocycles. The summed E-state index contributed by atoms with van der Waals surface area (Å²) in [5.74, 6) is 0. The first-order valence-electron chi connectivity index (χ1n) is 10.7. The van der Waals surface area contributed by atoms with Crippen LogP contribution in [0.1, 0.15) is 22.0 Å². The quantitative estimate of drug-likeness (QED) is 0.606. The molecule has 8 heteroatoms. The smallest absolute Gasteiger partial charge is 0.266 e. The summed E-state index contributed by atoms with van der Waals surface area (Å²) in [6, 6.07) is 7.20. The minimum absolute atomic E-state index is 0.0525. The summed E-state index contributed by atoms with van der Waals surface area (Å²) in [6.07, 6.45) is 7.14. The molecule has 7 nitrogen and oxygen atoms in total. The highest BCUT2D eigenvalue weighted by molar-refractivity contribution is 7.11. The van der Waals surface area contributed by atoms with Crippen LogP contribution in [-0.2, 0) is 25.9 Å². The van der Waals surface area contributed by atoms with Gasteiger partial charge in [-0.05, 0) is 37.5 Å². The minimum Gasteiger partial charge on any atom is -0.299 e. The van der Waals surface area contributed by atoms with Gasteiger partial charge in [0, 0.05) is 61.6 Å². The number of pyridine rings is 1. The van der Waals surface area contributed by atoms with E-state index in [1.54, 1.807) is 29.2 Å². The Labute approximate surface area is 180 Å². The Morgan fingerprint density at radius 3 is 2.53 bits per heavy atom. The lowest BCUT2D eigenvalue weighted by atomic mass is 10.2. The first-order chi connectivity index (χ1) is 14.7. The van der Waals surface area contributed by atoms with Crippen LogP contribution < -0.4 is 5.56 Å². The molecule has 1 saturated heterocycles. The number of aryl methyl sites for hydroxylation is 2. The number of hydrogen-bond donors (Lipinski definition) is 0. The molecule has 0 amide bonds. The Bertz CT molecular complexity index is 1030. The van der Waals surface area contributed by atoms with E-state index >= 15 is 0 Å². The van der Waals surface area contributed by atoms with Crippen molar-refractivity contribution in [1.82, 2.24) is 29.5 Å². The van der Waals surface area contributed by atoms with Gasteiger partial charge in [0.15, 0.2) is 0 Å². The van der Waals surface area contributed by atoms with Crippen molar-refractivity contribution >= 4 is 11.3 Å². The van der Waals surface area contributed by atoms with Gasteiger partial charge in [0.25, 0.3) is 5.56 Å². The molecule has 4 heterocycles. The van der Waals surface area contributed by atoms with Gasteiger partial charge < -0.3 is 0 Å². The van der Waals surface area contributed by atoms with E-state index in [0.29, 0.717) is 6.54 Å². The Hall–Kier alpha value is -2.42. The normalized spacial score (nSPS) is 17.3. The molecule has 0 spiro atoms. The second-order valence-corrected chi connectivity index (χ2v) is 9.13. The highest BCUT2D eigenvalue weighted by Gasteiger charge is 2.21. The van der Waals surface area contributed by atoms with Crippen LogP contribution >= 0.6 is 11.3 Å². The number of rotatable bonds is 6. The van der Waals surface area contributed by atoms with Gasteiger partial charge in [-0.15, -0.1) is 11.3 Å². The SMILES string of the molecule is O=c1ccc(-c2ccncc2)nn1CCN1CCN(Cc2nc3c(s2)CCC3)CC1. The van der Waals surface area contributed by atoms with Gasteiger partial charge in [-0.25, -0.2) is 9.67 Å². The fourth-order valence-corrected chi connectivity index (χ4v) is 5.39. The molecule has 2 aliphatic rings. The van der Waals surface area contributed by atoms with Crippen molar-refractivity contribution in [2.45, 2.75) is 32.4 Å². The average Bonchev–Trinajstić information content (AvgIpc) is 3.37. The summed E-state index contributed by atoms with van der Waals surface area (Å²) in [7, 11) is 0. The number of thiazole rings is 1. The molecular weight excluding hydrogens is 396 g/mol. The molecule has 1 aliphatic heterocycles. The number of aromatic nitrogens is 4. The second kappa shape index (κ2) is 8.75. The lowest BCUT2D eigenvalue weighted by molar-refractivity contribution is 0.122. The van der Waals surface area contributed by atoms with Gasteiger partial charge in [0.2, 0.25) is 0 Å². The molecular formula is C22H26N6OS.